The fourth-order valence-electron chi connectivity index (χ4n) is 2.87. The molecule has 0 unspecified atom stereocenters. The molecule has 0 aliphatic heterocycles. The van der Waals surface area contributed by atoms with Crippen molar-refractivity contribution >= 4 is 17.9 Å². The molecule has 0 aliphatic carbocycles. The first-order chi connectivity index (χ1) is 13.6. The summed E-state index contributed by atoms with van der Waals surface area (Å²) in [5.41, 5.74) is 3.27. The molecule has 148 valence electrons. The summed E-state index contributed by atoms with van der Waals surface area (Å²) < 4.78 is 5.84. The van der Waals surface area contributed by atoms with Gasteiger partial charge in [-0.3, -0.25) is 4.79 Å². The number of ketones is 1. The maximum absolute atomic E-state index is 12.1. The third-order valence-corrected chi connectivity index (χ3v) is 4.67. The summed E-state index contributed by atoms with van der Waals surface area (Å²) in [7, 11) is 0. The lowest BCUT2D eigenvalue weighted by atomic mass is 10.1. The minimum absolute atomic E-state index is 0.0326. The molecule has 0 atom stereocenters. The van der Waals surface area contributed by atoms with Gasteiger partial charge in [0, 0.05) is 6.54 Å². The second kappa shape index (κ2) is 11.9. The largest absolute Gasteiger partial charge is 0.492 e. The van der Waals surface area contributed by atoms with Gasteiger partial charge in [-0.25, -0.2) is 0 Å². The lowest BCUT2D eigenvalue weighted by Gasteiger charge is -2.18. The molecule has 2 aromatic rings. The van der Waals surface area contributed by atoms with Crippen molar-refractivity contribution in [2.45, 2.75) is 27.2 Å². The fraction of sp³-hybridized carbons (Fsp3) is 0.320. The number of carbonyl (C=O) groups excluding carboxylic acids is 1. The van der Waals surface area contributed by atoms with Gasteiger partial charge in [-0.15, -0.1) is 0 Å². The summed E-state index contributed by atoms with van der Waals surface area (Å²) in [5.74, 6) is 0.795. The smallest absolute Gasteiger partial charge is 0.178 e. The first kappa shape index (κ1) is 21.6. The molecule has 0 saturated carbocycles. The Balaban J connectivity index is 1.90. The minimum Gasteiger partial charge on any atom is -0.492 e. The molecule has 3 nitrogen and oxygen atoms in total. The van der Waals surface area contributed by atoms with Crippen LogP contribution in [0.5, 0.6) is 5.75 Å². The summed E-state index contributed by atoms with van der Waals surface area (Å²) in [6.45, 7) is 10.1. The van der Waals surface area contributed by atoms with Crippen LogP contribution in [0.15, 0.2) is 60.7 Å². The van der Waals surface area contributed by atoms with Crippen molar-refractivity contribution in [2.24, 2.45) is 0 Å². The van der Waals surface area contributed by atoms with Gasteiger partial charge >= 0.3 is 0 Å². The number of ether oxygens (including phenoxy) is 1. The predicted molar refractivity (Wildman–Crippen MR) is 119 cm³/mol. The molecular weight excluding hydrogens is 346 g/mol. The number of likely N-dealkylation sites (N-methyl/N-ethyl adjacent to an activating group) is 1. The molecule has 3 heteroatoms. The topological polar surface area (TPSA) is 29.5 Å². The summed E-state index contributed by atoms with van der Waals surface area (Å²) in [4.78, 5) is 14.5. The van der Waals surface area contributed by atoms with E-state index in [0.29, 0.717) is 6.61 Å². The molecule has 28 heavy (non-hydrogen) atoms. The zero-order valence-electron chi connectivity index (χ0n) is 17.2. The zero-order chi connectivity index (χ0) is 20.2. The predicted octanol–water partition coefficient (Wildman–Crippen LogP) is 5.27. The Hall–Kier alpha value is -2.65. The van der Waals surface area contributed by atoms with Crippen molar-refractivity contribution in [3.63, 3.8) is 0 Å². The SMILES string of the molecule is CCc1cccc(C=CC(=O)C=Cc2cccc(OCCN(CC)CC)c2)c1. The molecule has 2 rings (SSSR count). The van der Waals surface area contributed by atoms with E-state index >= 15 is 0 Å². The second-order valence-electron chi connectivity index (χ2n) is 6.62. The van der Waals surface area contributed by atoms with E-state index in [4.69, 9.17) is 4.74 Å². The van der Waals surface area contributed by atoms with Crippen molar-refractivity contribution in [3.8, 4) is 5.75 Å². The number of nitrogens with zero attached hydrogens (tertiary/aromatic N) is 1. The summed E-state index contributed by atoms with van der Waals surface area (Å²) >= 11 is 0. The van der Waals surface area contributed by atoms with Gasteiger partial charge in [0.25, 0.3) is 0 Å². The number of aryl methyl sites for hydroxylation is 1. The van der Waals surface area contributed by atoms with Crippen LogP contribution in [-0.4, -0.2) is 36.9 Å². The van der Waals surface area contributed by atoms with Crippen LogP contribution in [0.2, 0.25) is 0 Å². The van der Waals surface area contributed by atoms with E-state index < -0.39 is 0 Å². The third kappa shape index (κ3) is 7.53. The van der Waals surface area contributed by atoms with Crippen LogP contribution in [0.3, 0.4) is 0 Å². The first-order valence-electron chi connectivity index (χ1n) is 10.1. The molecule has 0 aliphatic rings. The van der Waals surface area contributed by atoms with Crippen LogP contribution in [0.4, 0.5) is 0 Å². The van der Waals surface area contributed by atoms with Gasteiger partial charge in [-0.05, 0) is 60.5 Å². The molecule has 0 saturated heterocycles. The number of rotatable bonds is 11. The normalized spacial score (nSPS) is 11.6. The van der Waals surface area contributed by atoms with Gasteiger partial charge in [-0.2, -0.15) is 0 Å². The van der Waals surface area contributed by atoms with E-state index in [1.165, 1.54) is 5.56 Å². The van der Waals surface area contributed by atoms with Crippen molar-refractivity contribution in [2.75, 3.05) is 26.2 Å². The van der Waals surface area contributed by atoms with Crippen LogP contribution in [-0.2, 0) is 11.2 Å². The van der Waals surface area contributed by atoms with Crippen molar-refractivity contribution < 1.29 is 9.53 Å². The van der Waals surface area contributed by atoms with E-state index in [9.17, 15) is 4.79 Å². The van der Waals surface area contributed by atoms with Crippen LogP contribution in [0, 0.1) is 0 Å². The van der Waals surface area contributed by atoms with E-state index in [1.807, 2.05) is 48.6 Å². The summed E-state index contributed by atoms with van der Waals surface area (Å²) in [6.07, 6.45) is 7.87. The van der Waals surface area contributed by atoms with E-state index in [-0.39, 0.29) is 5.78 Å². The maximum Gasteiger partial charge on any atom is 0.178 e. The van der Waals surface area contributed by atoms with Crippen LogP contribution in [0.25, 0.3) is 12.2 Å². The van der Waals surface area contributed by atoms with Crippen molar-refractivity contribution in [3.05, 3.63) is 77.4 Å². The third-order valence-electron chi connectivity index (χ3n) is 4.67. The highest BCUT2D eigenvalue weighted by Crippen LogP contribution is 2.15. The van der Waals surface area contributed by atoms with Crippen LogP contribution >= 0.6 is 0 Å². The molecule has 0 spiro atoms. The monoisotopic (exact) mass is 377 g/mol. The molecule has 0 radical (unpaired) electrons. The number of hydrogen-bond acceptors (Lipinski definition) is 3. The van der Waals surface area contributed by atoms with Crippen molar-refractivity contribution in [1.82, 2.24) is 4.90 Å². The Kier molecular flexibility index (Phi) is 9.23. The van der Waals surface area contributed by atoms with Crippen LogP contribution < -0.4 is 4.74 Å². The average Bonchev–Trinajstić information content (AvgIpc) is 2.74. The van der Waals surface area contributed by atoms with Gasteiger partial charge in [-0.1, -0.05) is 69.3 Å². The average molecular weight is 378 g/mol. The summed E-state index contributed by atoms with van der Waals surface area (Å²) in [6, 6.07) is 16.0. The highest BCUT2D eigenvalue weighted by Gasteiger charge is 2.00. The molecule has 0 bridgehead atoms. The van der Waals surface area contributed by atoms with E-state index in [0.717, 1.165) is 42.9 Å². The Morgan fingerprint density at radius 3 is 2.21 bits per heavy atom. The number of carbonyl (C=O) groups is 1. The van der Waals surface area contributed by atoms with Crippen LogP contribution in [0.1, 0.15) is 37.5 Å². The van der Waals surface area contributed by atoms with Gasteiger partial charge < -0.3 is 9.64 Å². The number of hydrogen-bond donors (Lipinski definition) is 0. The van der Waals surface area contributed by atoms with E-state index in [1.54, 1.807) is 12.2 Å². The number of benzene rings is 2. The molecule has 0 heterocycles. The molecular formula is C25H31NO2. The minimum atomic E-state index is -0.0326. The second-order valence-corrected chi connectivity index (χ2v) is 6.62. The molecule has 0 aromatic heterocycles. The Bertz CT molecular complexity index is 804. The van der Waals surface area contributed by atoms with E-state index in [2.05, 4.69) is 37.8 Å². The first-order valence-corrected chi connectivity index (χ1v) is 10.1. The van der Waals surface area contributed by atoms with Gasteiger partial charge in [0.1, 0.15) is 12.4 Å². The highest BCUT2D eigenvalue weighted by atomic mass is 16.5. The zero-order valence-corrected chi connectivity index (χ0v) is 17.2. The standard InChI is InChI=1S/C25H31NO2/c1-4-21-9-7-10-22(19-21)13-15-24(27)16-14-23-11-8-12-25(20-23)28-18-17-26(5-2)6-3/h7-16,19-20H,4-6,17-18H2,1-3H3. The van der Waals surface area contributed by atoms with Gasteiger partial charge in [0.2, 0.25) is 0 Å². The lowest BCUT2D eigenvalue weighted by molar-refractivity contribution is -0.110. The Morgan fingerprint density at radius 1 is 0.929 bits per heavy atom. The molecule has 0 fully saturated rings. The fourth-order valence-corrected chi connectivity index (χ4v) is 2.87. The highest BCUT2D eigenvalue weighted by molar-refractivity contribution is 6.04. The van der Waals surface area contributed by atoms with Gasteiger partial charge in [0.15, 0.2) is 5.78 Å². The number of allylic oxidation sites excluding steroid dienone is 2. The molecule has 0 N–H and O–H groups in total. The molecule has 0 amide bonds. The lowest BCUT2D eigenvalue weighted by Crippen LogP contribution is -2.27. The maximum atomic E-state index is 12.1. The Labute approximate surface area is 169 Å². The Morgan fingerprint density at radius 2 is 1.57 bits per heavy atom. The molecule has 2 aromatic carbocycles. The quantitative estimate of drug-likeness (QED) is 0.500. The summed E-state index contributed by atoms with van der Waals surface area (Å²) in [5, 5.41) is 0. The van der Waals surface area contributed by atoms with Gasteiger partial charge in [0.05, 0.1) is 0 Å². The van der Waals surface area contributed by atoms with Crippen molar-refractivity contribution in [1.29, 1.82) is 0 Å².